The number of H-pyrrole nitrogens is 1. The van der Waals surface area contributed by atoms with E-state index in [0.717, 1.165) is 6.26 Å². The zero-order valence-corrected chi connectivity index (χ0v) is 15.2. The van der Waals surface area contributed by atoms with Crippen molar-refractivity contribution in [3.05, 3.63) is 24.4 Å². The van der Waals surface area contributed by atoms with Gasteiger partial charge in [-0.05, 0) is 19.1 Å². The fourth-order valence-corrected chi connectivity index (χ4v) is 3.76. The molecule has 4 heterocycles. The summed E-state index contributed by atoms with van der Waals surface area (Å²) in [5.41, 5.74) is 0.634. The fourth-order valence-electron chi connectivity index (χ4n) is 2.99. The molecule has 0 spiro atoms. The summed E-state index contributed by atoms with van der Waals surface area (Å²) < 4.78 is 31.2. The molecule has 0 amide bonds. The second kappa shape index (κ2) is 6.25. The Labute approximate surface area is 150 Å². The maximum Gasteiger partial charge on any atom is 0.248 e. The van der Waals surface area contributed by atoms with Gasteiger partial charge in [-0.15, -0.1) is 5.10 Å². The van der Waals surface area contributed by atoms with E-state index in [1.165, 1.54) is 4.52 Å². The molecule has 0 aromatic carbocycles. The van der Waals surface area contributed by atoms with Crippen molar-refractivity contribution in [2.45, 2.75) is 18.0 Å². The highest BCUT2D eigenvalue weighted by Crippen LogP contribution is 2.27. The van der Waals surface area contributed by atoms with Crippen LogP contribution in [0.5, 0.6) is 0 Å². The first kappa shape index (κ1) is 16.8. The van der Waals surface area contributed by atoms with E-state index in [-0.39, 0.29) is 17.0 Å². The minimum Gasteiger partial charge on any atom is -0.377 e. The van der Waals surface area contributed by atoms with E-state index in [1.54, 1.807) is 24.4 Å². The van der Waals surface area contributed by atoms with Crippen LogP contribution in [0.15, 0.2) is 29.4 Å². The van der Waals surface area contributed by atoms with Gasteiger partial charge in [0.15, 0.2) is 20.7 Å². The van der Waals surface area contributed by atoms with E-state index in [2.05, 4.69) is 30.5 Å². The number of sulfone groups is 1. The molecule has 0 unspecified atom stereocenters. The summed E-state index contributed by atoms with van der Waals surface area (Å²) in [6.45, 7) is 3.87. The summed E-state index contributed by atoms with van der Waals surface area (Å²) in [6, 6.07) is 5.12. The lowest BCUT2D eigenvalue weighted by Crippen LogP contribution is -2.44. The van der Waals surface area contributed by atoms with Gasteiger partial charge in [-0.25, -0.2) is 12.9 Å². The van der Waals surface area contributed by atoms with Crippen molar-refractivity contribution in [1.29, 1.82) is 0 Å². The standard InChI is InChI=1S/C15H19N7O3S/c1-10-9-25-8-7-21(10)14-11-3-4-13(26(2,23)24)22(11)20-15(18-14)17-12-5-6-16-19-12/h3-6,10H,7-9H2,1-2H3,(H2,16,17,19,20)/t10-/m1/s1. The molecule has 11 heteroatoms. The van der Waals surface area contributed by atoms with Crippen LogP contribution in [-0.4, -0.2) is 65.3 Å². The average molecular weight is 377 g/mol. The Bertz CT molecular complexity index is 1030. The molecule has 3 aromatic rings. The smallest absolute Gasteiger partial charge is 0.248 e. The van der Waals surface area contributed by atoms with Crippen molar-refractivity contribution in [3.63, 3.8) is 0 Å². The van der Waals surface area contributed by atoms with Gasteiger partial charge in [0.05, 0.1) is 25.5 Å². The molecule has 3 aromatic heterocycles. The van der Waals surface area contributed by atoms with Crippen LogP contribution in [0, 0.1) is 0 Å². The number of anilines is 3. The highest BCUT2D eigenvalue weighted by atomic mass is 32.2. The molecule has 0 saturated carbocycles. The average Bonchev–Trinajstić information content (AvgIpc) is 3.23. The van der Waals surface area contributed by atoms with Crippen molar-refractivity contribution in [2.24, 2.45) is 0 Å². The lowest BCUT2D eigenvalue weighted by molar-refractivity contribution is 0.0986. The molecule has 1 atom stereocenters. The Morgan fingerprint density at radius 2 is 2.19 bits per heavy atom. The Morgan fingerprint density at radius 3 is 2.88 bits per heavy atom. The third-order valence-corrected chi connectivity index (χ3v) is 5.29. The van der Waals surface area contributed by atoms with Crippen LogP contribution in [0.4, 0.5) is 17.6 Å². The molecular formula is C15H19N7O3S. The highest BCUT2D eigenvalue weighted by molar-refractivity contribution is 7.90. The number of aromatic amines is 1. The quantitative estimate of drug-likeness (QED) is 0.686. The van der Waals surface area contributed by atoms with Crippen LogP contribution in [0.25, 0.3) is 5.52 Å². The van der Waals surface area contributed by atoms with Gasteiger partial charge < -0.3 is 15.0 Å². The number of ether oxygens (including phenoxy) is 1. The zero-order valence-electron chi connectivity index (χ0n) is 14.4. The summed E-state index contributed by atoms with van der Waals surface area (Å²) in [5, 5.41) is 14.2. The van der Waals surface area contributed by atoms with Crippen LogP contribution >= 0.6 is 0 Å². The Hall–Kier alpha value is -2.66. The molecule has 1 aliphatic heterocycles. The molecule has 4 rings (SSSR count). The second-order valence-corrected chi connectivity index (χ2v) is 8.18. The lowest BCUT2D eigenvalue weighted by Gasteiger charge is -2.34. The normalized spacial score (nSPS) is 18.4. The molecule has 1 fully saturated rings. The molecule has 138 valence electrons. The predicted octanol–water partition coefficient (Wildman–Crippen LogP) is 0.825. The number of nitrogens with zero attached hydrogens (tertiary/aromatic N) is 5. The first-order valence-electron chi connectivity index (χ1n) is 8.14. The van der Waals surface area contributed by atoms with Gasteiger partial charge in [0.2, 0.25) is 5.95 Å². The van der Waals surface area contributed by atoms with Gasteiger partial charge in [0.25, 0.3) is 0 Å². The number of rotatable bonds is 4. The third-order valence-electron chi connectivity index (χ3n) is 4.22. The number of morpholine rings is 1. The van der Waals surface area contributed by atoms with Crippen LogP contribution in [0.2, 0.25) is 0 Å². The Kier molecular flexibility index (Phi) is 4.04. The van der Waals surface area contributed by atoms with Crippen molar-refractivity contribution >= 4 is 32.9 Å². The van der Waals surface area contributed by atoms with E-state index in [9.17, 15) is 8.42 Å². The summed E-state index contributed by atoms with van der Waals surface area (Å²) in [6.07, 6.45) is 2.76. The summed E-state index contributed by atoms with van der Waals surface area (Å²) in [5.74, 6) is 1.54. The second-order valence-electron chi connectivity index (χ2n) is 6.21. The van der Waals surface area contributed by atoms with E-state index >= 15 is 0 Å². The molecule has 10 nitrogen and oxygen atoms in total. The maximum absolute atomic E-state index is 12.1. The molecule has 2 N–H and O–H groups in total. The molecule has 0 bridgehead atoms. The van der Waals surface area contributed by atoms with E-state index < -0.39 is 9.84 Å². The molecular weight excluding hydrogens is 358 g/mol. The van der Waals surface area contributed by atoms with Crippen molar-refractivity contribution in [1.82, 2.24) is 24.8 Å². The first-order chi connectivity index (χ1) is 12.4. The monoisotopic (exact) mass is 377 g/mol. The van der Waals surface area contributed by atoms with Gasteiger partial charge in [0.1, 0.15) is 11.3 Å². The minimum atomic E-state index is -3.44. The van der Waals surface area contributed by atoms with Crippen molar-refractivity contribution in [3.8, 4) is 0 Å². The number of fused-ring (bicyclic) bond motifs is 1. The molecule has 26 heavy (non-hydrogen) atoms. The Morgan fingerprint density at radius 1 is 1.35 bits per heavy atom. The molecule has 0 aliphatic carbocycles. The third kappa shape index (κ3) is 2.99. The van der Waals surface area contributed by atoms with Crippen LogP contribution in [0.1, 0.15) is 6.92 Å². The Balaban J connectivity index is 1.89. The highest BCUT2D eigenvalue weighted by Gasteiger charge is 2.25. The summed E-state index contributed by atoms with van der Waals surface area (Å²) >= 11 is 0. The first-order valence-corrected chi connectivity index (χ1v) is 10.0. The van der Waals surface area contributed by atoms with Crippen molar-refractivity contribution < 1.29 is 13.2 Å². The largest absolute Gasteiger partial charge is 0.377 e. The number of aromatic nitrogens is 5. The maximum atomic E-state index is 12.1. The SMILES string of the molecule is C[C@@H]1COCCN1c1nc(Nc2ccn[nH]2)nn2c(S(C)(=O)=O)ccc12. The molecule has 1 aliphatic rings. The van der Waals surface area contributed by atoms with Crippen LogP contribution in [0.3, 0.4) is 0 Å². The van der Waals surface area contributed by atoms with Crippen LogP contribution in [-0.2, 0) is 14.6 Å². The number of hydrogen-bond donors (Lipinski definition) is 2. The van der Waals surface area contributed by atoms with E-state index in [1.807, 2.05) is 6.92 Å². The van der Waals surface area contributed by atoms with Crippen LogP contribution < -0.4 is 10.2 Å². The van der Waals surface area contributed by atoms with Crippen molar-refractivity contribution in [2.75, 3.05) is 36.2 Å². The zero-order chi connectivity index (χ0) is 18.3. The van der Waals surface area contributed by atoms with E-state index in [0.29, 0.717) is 36.9 Å². The molecule has 1 saturated heterocycles. The number of nitrogens with one attached hydrogen (secondary N) is 2. The van der Waals surface area contributed by atoms with Gasteiger partial charge in [0, 0.05) is 18.9 Å². The van der Waals surface area contributed by atoms with Gasteiger partial charge in [-0.3, -0.25) is 5.10 Å². The number of hydrogen-bond acceptors (Lipinski definition) is 8. The summed E-state index contributed by atoms with van der Waals surface area (Å²) in [7, 11) is -3.44. The summed E-state index contributed by atoms with van der Waals surface area (Å²) in [4.78, 5) is 6.73. The molecule has 0 radical (unpaired) electrons. The fraction of sp³-hybridized carbons (Fsp3) is 0.400. The van der Waals surface area contributed by atoms with Gasteiger partial charge in [-0.1, -0.05) is 0 Å². The van der Waals surface area contributed by atoms with E-state index in [4.69, 9.17) is 4.74 Å². The lowest BCUT2D eigenvalue weighted by atomic mass is 10.2. The van der Waals surface area contributed by atoms with Gasteiger partial charge >= 0.3 is 0 Å². The van der Waals surface area contributed by atoms with Gasteiger partial charge in [-0.2, -0.15) is 10.1 Å². The predicted molar refractivity (Wildman–Crippen MR) is 95.6 cm³/mol. The topological polar surface area (TPSA) is 118 Å². The minimum absolute atomic E-state index is 0.110.